The Bertz CT molecular complexity index is 1510. The van der Waals surface area contributed by atoms with Gasteiger partial charge in [0.2, 0.25) is 5.88 Å². The average molecular weight is 617 g/mol. The van der Waals surface area contributed by atoms with Gasteiger partial charge in [0.25, 0.3) is 5.91 Å². The molecule has 10 nitrogen and oxygen atoms in total. The molecule has 0 saturated carbocycles. The Labute approximate surface area is 265 Å². The number of piperidine rings is 1. The maximum absolute atomic E-state index is 14.3. The van der Waals surface area contributed by atoms with Gasteiger partial charge in [-0.15, -0.1) is 0 Å². The zero-order valence-electron chi connectivity index (χ0n) is 26.9. The number of aryl methyl sites for hydroxylation is 1. The first-order chi connectivity index (χ1) is 21.5. The average Bonchev–Trinajstić information content (AvgIpc) is 3.02. The van der Waals surface area contributed by atoms with E-state index in [4.69, 9.17) is 19.2 Å². The summed E-state index contributed by atoms with van der Waals surface area (Å²) in [6.45, 7) is 11.3. The number of nitrogens with zero attached hydrogens (tertiary/aromatic N) is 4. The number of anilines is 2. The largest absolute Gasteiger partial charge is 0.497 e. The van der Waals surface area contributed by atoms with E-state index in [1.54, 1.807) is 18.2 Å². The molecule has 240 valence electrons. The number of rotatable bonds is 10. The van der Waals surface area contributed by atoms with Crippen molar-refractivity contribution in [2.45, 2.75) is 59.3 Å². The summed E-state index contributed by atoms with van der Waals surface area (Å²) in [4.78, 5) is 38.8. The number of amides is 1. The fraction of sp³-hybridized carbons (Fsp3) is 0.486. The summed E-state index contributed by atoms with van der Waals surface area (Å²) in [5, 5.41) is 9.33. The zero-order chi connectivity index (χ0) is 32.1. The van der Waals surface area contributed by atoms with E-state index >= 15 is 0 Å². The highest BCUT2D eigenvalue weighted by Gasteiger charge is 2.30. The number of pyridine rings is 2. The summed E-state index contributed by atoms with van der Waals surface area (Å²) in [5.41, 5.74) is 3.04. The second kappa shape index (κ2) is 13.7. The van der Waals surface area contributed by atoms with Gasteiger partial charge in [-0.3, -0.25) is 14.5 Å². The van der Waals surface area contributed by atoms with Crippen molar-refractivity contribution in [2.75, 3.05) is 49.8 Å². The van der Waals surface area contributed by atoms with E-state index in [0.717, 1.165) is 42.9 Å². The lowest BCUT2D eigenvalue weighted by molar-refractivity contribution is -0.137. The first-order valence-electron chi connectivity index (χ1n) is 15.7. The quantitative estimate of drug-likeness (QED) is 0.288. The molecule has 0 bridgehead atoms. The van der Waals surface area contributed by atoms with Crippen LogP contribution in [0.2, 0.25) is 0 Å². The summed E-state index contributed by atoms with van der Waals surface area (Å²) in [6, 6.07) is 13.2. The smallest absolute Gasteiger partial charge is 0.303 e. The minimum absolute atomic E-state index is 0.0580. The van der Waals surface area contributed by atoms with Crippen LogP contribution in [0.3, 0.4) is 0 Å². The Morgan fingerprint density at radius 1 is 1.11 bits per heavy atom. The van der Waals surface area contributed by atoms with Crippen molar-refractivity contribution in [1.29, 1.82) is 0 Å². The Hall–Kier alpha value is -4.34. The number of ether oxygens (including phenoxy) is 3. The first-order valence-corrected chi connectivity index (χ1v) is 15.7. The number of hydrogen-bond donors (Lipinski definition) is 1. The van der Waals surface area contributed by atoms with Crippen LogP contribution < -0.4 is 24.0 Å². The van der Waals surface area contributed by atoms with Crippen LogP contribution in [0.25, 0.3) is 0 Å². The predicted molar refractivity (Wildman–Crippen MR) is 173 cm³/mol. The van der Waals surface area contributed by atoms with E-state index in [0.29, 0.717) is 60.9 Å². The van der Waals surface area contributed by atoms with Crippen LogP contribution in [-0.4, -0.2) is 66.9 Å². The molecule has 0 spiro atoms. The number of methoxy groups -OCH3 is 1. The molecule has 1 unspecified atom stereocenters. The van der Waals surface area contributed by atoms with Crippen LogP contribution in [0.4, 0.5) is 11.5 Å². The monoisotopic (exact) mass is 616 g/mol. The standard InChI is InChI=1S/C35H44N4O6/c1-23-7-6-8-31(37-23)39(22-35(2,3)4)34(42)27-10-9-26(43-5)18-29(27)38-14-11-24(12-15-38)21-45-32-19-28-25(17-33(40)41)13-16-44-30(28)20-36-32/h6-10,18-20,24-25H,11-17,21-22H2,1-5H3,(H,40,41). The van der Waals surface area contributed by atoms with Crippen molar-refractivity contribution in [3.8, 4) is 17.4 Å². The first kappa shape index (κ1) is 32.1. The molecule has 1 aromatic carbocycles. The third-order valence-electron chi connectivity index (χ3n) is 8.34. The van der Waals surface area contributed by atoms with E-state index < -0.39 is 5.97 Å². The predicted octanol–water partition coefficient (Wildman–Crippen LogP) is 6.12. The lowest BCUT2D eigenvalue weighted by Crippen LogP contribution is -2.41. The zero-order valence-corrected chi connectivity index (χ0v) is 26.9. The van der Waals surface area contributed by atoms with Gasteiger partial charge in [0.05, 0.1) is 44.2 Å². The van der Waals surface area contributed by atoms with E-state index in [2.05, 4.69) is 30.7 Å². The lowest BCUT2D eigenvalue weighted by atomic mass is 9.91. The van der Waals surface area contributed by atoms with Gasteiger partial charge >= 0.3 is 5.97 Å². The van der Waals surface area contributed by atoms with Crippen molar-refractivity contribution in [2.24, 2.45) is 11.3 Å². The van der Waals surface area contributed by atoms with Crippen molar-refractivity contribution in [1.82, 2.24) is 9.97 Å². The molecule has 1 saturated heterocycles. The molecule has 1 atom stereocenters. The Morgan fingerprint density at radius 3 is 2.58 bits per heavy atom. The second-order valence-electron chi connectivity index (χ2n) is 13.2. The molecule has 2 aliphatic rings. The third-order valence-corrected chi connectivity index (χ3v) is 8.34. The van der Waals surface area contributed by atoms with Crippen LogP contribution in [0.1, 0.15) is 74.0 Å². The number of benzene rings is 1. The van der Waals surface area contributed by atoms with Gasteiger partial charge in [-0.05, 0) is 61.8 Å². The molecular weight excluding hydrogens is 572 g/mol. The summed E-state index contributed by atoms with van der Waals surface area (Å²) < 4.78 is 17.4. The number of carboxylic acid groups (broad SMARTS) is 1. The van der Waals surface area contributed by atoms with E-state index in [1.807, 2.05) is 49.4 Å². The van der Waals surface area contributed by atoms with E-state index in [-0.39, 0.29) is 23.7 Å². The fourth-order valence-corrected chi connectivity index (χ4v) is 6.03. The molecule has 45 heavy (non-hydrogen) atoms. The maximum atomic E-state index is 14.3. The normalized spacial score (nSPS) is 16.8. The maximum Gasteiger partial charge on any atom is 0.303 e. The Morgan fingerprint density at radius 2 is 1.89 bits per heavy atom. The van der Waals surface area contributed by atoms with E-state index in [1.165, 1.54) is 0 Å². The summed E-state index contributed by atoms with van der Waals surface area (Å²) in [7, 11) is 1.64. The SMILES string of the molecule is COc1ccc(C(=O)N(CC(C)(C)C)c2cccc(C)n2)c(N2CCC(COc3cc4c(cn3)OCCC4CC(=O)O)CC2)c1. The van der Waals surface area contributed by atoms with Crippen molar-refractivity contribution >= 4 is 23.4 Å². The van der Waals surface area contributed by atoms with Crippen LogP contribution in [-0.2, 0) is 4.79 Å². The highest BCUT2D eigenvalue weighted by atomic mass is 16.5. The molecule has 4 heterocycles. The molecule has 1 fully saturated rings. The van der Waals surface area contributed by atoms with Gasteiger partial charge in [0, 0.05) is 48.9 Å². The van der Waals surface area contributed by atoms with Crippen LogP contribution in [0.15, 0.2) is 48.7 Å². The molecule has 2 aliphatic heterocycles. The van der Waals surface area contributed by atoms with E-state index in [9.17, 15) is 14.7 Å². The Balaban J connectivity index is 1.29. The summed E-state index contributed by atoms with van der Waals surface area (Å²) in [5.74, 6) is 1.75. The van der Waals surface area contributed by atoms with Crippen molar-refractivity contribution < 1.29 is 28.9 Å². The molecule has 5 rings (SSSR count). The third kappa shape index (κ3) is 8.04. The fourth-order valence-electron chi connectivity index (χ4n) is 6.03. The topological polar surface area (TPSA) is 114 Å². The number of aromatic nitrogens is 2. The molecule has 2 aromatic heterocycles. The van der Waals surface area contributed by atoms with Gasteiger partial charge in [-0.1, -0.05) is 26.8 Å². The minimum atomic E-state index is -0.825. The number of fused-ring (bicyclic) bond motifs is 1. The molecule has 0 aliphatic carbocycles. The van der Waals surface area contributed by atoms with Crippen molar-refractivity contribution in [3.63, 3.8) is 0 Å². The number of carbonyl (C=O) groups excluding carboxylic acids is 1. The highest BCUT2D eigenvalue weighted by Crippen LogP contribution is 2.37. The number of carboxylic acids is 1. The molecule has 3 aromatic rings. The second-order valence-corrected chi connectivity index (χ2v) is 13.2. The summed E-state index contributed by atoms with van der Waals surface area (Å²) >= 11 is 0. The number of hydrogen-bond acceptors (Lipinski definition) is 8. The van der Waals surface area contributed by atoms with Crippen LogP contribution in [0, 0.1) is 18.3 Å². The van der Waals surface area contributed by atoms with Gasteiger partial charge in [0.15, 0.2) is 0 Å². The lowest BCUT2D eigenvalue weighted by Gasteiger charge is -2.36. The Kier molecular flexibility index (Phi) is 9.80. The molecule has 1 amide bonds. The molecule has 0 radical (unpaired) electrons. The van der Waals surface area contributed by atoms with Gasteiger partial charge in [0.1, 0.15) is 17.3 Å². The number of carbonyl (C=O) groups is 2. The molecule has 10 heteroatoms. The summed E-state index contributed by atoms with van der Waals surface area (Å²) in [6.07, 6.45) is 4.11. The van der Waals surface area contributed by atoms with Gasteiger partial charge < -0.3 is 24.2 Å². The number of aliphatic carboxylic acids is 1. The van der Waals surface area contributed by atoms with Crippen LogP contribution in [0.5, 0.6) is 17.4 Å². The van der Waals surface area contributed by atoms with Crippen LogP contribution >= 0.6 is 0 Å². The van der Waals surface area contributed by atoms with Crippen molar-refractivity contribution in [3.05, 3.63) is 65.5 Å². The molecular formula is C35H44N4O6. The van der Waals surface area contributed by atoms with Gasteiger partial charge in [-0.25, -0.2) is 9.97 Å². The minimum Gasteiger partial charge on any atom is -0.497 e. The molecule has 1 N–H and O–H groups in total. The highest BCUT2D eigenvalue weighted by molar-refractivity contribution is 6.09. The van der Waals surface area contributed by atoms with Gasteiger partial charge in [-0.2, -0.15) is 0 Å².